The van der Waals surface area contributed by atoms with Crippen LogP contribution in [-0.4, -0.2) is 69.0 Å². The average molecular weight is 672 g/mol. The van der Waals surface area contributed by atoms with E-state index in [0.717, 1.165) is 38.9 Å². The zero-order valence-electron chi connectivity index (χ0n) is 27.7. The van der Waals surface area contributed by atoms with Crippen molar-refractivity contribution in [3.8, 4) is 5.88 Å². The number of rotatable bonds is 10. The van der Waals surface area contributed by atoms with Crippen LogP contribution in [0.15, 0.2) is 66.0 Å². The quantitative estimate of drug-likeness (QED) is 0.135. The van der Waals surface area contributed by atoms with Crippen molar-refractivity contribution in [2.24, 2.45) is 0 Å². The van der Waals surface area contributed by atoms with Gasteiger partial charge < -0.3 is 15.4 Å². The highest BCUT2D eigenvalue weighted by Crippen LogP contribution is 2.57. The Morgan fingerprint density at radius 1 is 1.10 bits per heavy atom. The summed E-state index contributed by atoms with van der Waals surface area (Å²) in [6.45, 7) is 9.30. The van der Waals surface area contributed by atoms with Gasteiger partial charge in [-0.25, -0.2) is 19.6 Å². The summed E-state index contributed by atoms with van der Waals surface area (Å²) < 4.78 is 32.9. The van der Waals surface area contributed by atoms with Crippen molar-refractivity contribution in [1.29, 1.82) is 0 Å². The molecule has 5 aromatic rings. The molecule has 4 N–H and O–H groups in total. The van der Waals surface area contributed by atoms with Crippen LogP contribution in [0.1, 0.15) is 60.4 Å². The minimum Gasteiger partial charge on any atom is -0.472 e. The lowest BCUT2D eigenvalue weighted by Crippen LogP contribution is -2.34. The van der Waals surface area contributed by atoms with Gasteiger partial charge in [0.15, 0.2) is 0 Å². The first kappa shape index (κ1) is 33.3. The van der Waals surface area contributed by atoms with Gasteiger partial charge in [-0.15, -0.1) is 15.9 Å². The predicted octanol–water partition coefficient (Wildman–Crippen LogP) is 6.15. The number of benzene rings is 2. The Balaban J connectivity index is 1.38. The van der Waals surface area contributed by atoms with E-state index in [0.29, 0.717) is 31.1 Å². The smallest absolute Gasteiger partial charge is 0.239 e. The van der Waals surface area contributed by atoms with E-state index in [1.165, 1.54) is 0 Å². The highest BCUT2D eigenvalue weighted by atomic mass is 32.3. The van der Waals surface area contributed by atoms with Gasteiger partial charge in [0.2, 0.25) is 17.7 Å². The molecule has 0 radical (unpaired) electrons. The number of carbonyl (C=O) groups excluding carboxylic acids is 1. The van der Waals surface area contributed by atoms with Gasteiger partial charge in [-0.05, 0) is 73.2 Å². The van der Waals surface area contributed by atoms with Crippen molar-refractivity contribution < 1.29 is 18.6 Å². The summed E-state index contributed by atoms with van der Waals surface area (Å²) in [7, 11) is -1.67. The molecule has 2 unspecified atom stereocenters. The summed E-state index contributed by atoms with van der Waals surface area (Å²) in [4.78, 5) is 26.6. The summed E-state index contributed by atoms with van der Waals surface area (Å²) in [6, 6.07) is 13.5. The van der Waals surface area contributed by atoms with Gasteiger partial charge in [0.1, 0.15) is 16.5 Å². The third-order valence-electron chi connectivity index (χ3n) is 8.86. The zero-order chi connectivity index (χ0) is 34.0. The Labute approximate surface area is 281 Å². The Kier molecular flexibility index (Phi) is 9.60. The van der Waals surface area contributed by atoms with Crippen molar-refractivity contribution in [1.82, 2.24) is 34.3 Å². The molecular weight excluding hydrogens is 631 g/mol. The van der Waals surface area contributed by atoms with Crippen molar-refractivity contribution in [3.63, 3.8) is 0 Å². The van der Waals surface area contributed by atoms with E-state index in [2.05, 4.69) is 42.0 Å². The zero-order valence-corrected chi connectivity index (χ0v) is 28.5. The Morgan fingerprint density at radius 2 is 1.90 bits per heavy atom. The fourth-order valence-electron chi connectivity index (χ4n) is 6.09. The van der Waals surface area contributed by atoms with Gasteiger partial charge in [0.25, 0.3) is 0 Å². The number of pyridine rings is 1. The molecule has 0 bridgehead atoms. The molecule has 252 valence electrons. The number of hydrogen-bond donors (Lipinski definition) is 4. The minimum absolute atomic E-state index is 0.133. The molecule has 3 aromatic heterocycles. The molecule has 1 amide bonds. The molecule has 14 heteroatoms. The number of amides is 1. The Morgan fingerprint density at radius 3 is 2.62 bits per heavy atom. The van der Waals surface area contributed by atoms with E-state index in [4.69, 9.17) is 4.74 Å². The molecule has 2 aromatic carbocycles. The lowest BCUT2D eigenvalue weighted by atomic mass is 9.84. The third kappa shape index (κ3) is 6.56. The van der Waals surface area contributed by atoms with Crippen LogP contribution in [0.25, 0.3) is 11.0 Å². The molecule has 13 nitrogen and oxygen atoms in total. The van der Waals surface area contributed by atoms with Crippen LogP contribution < -0.4 is 15.4 Å². The van der Waals surface area contributed by atoms with Crippen LogP contribution in [0, 0.1) is 13.8 Å². The van der Waals surface area contributed by atoms with Gasteiger partial charge in [-0.3, -0.25) is 13.9 Å². The van der Waals surface area contributed by atoms with Crippen LogP contribution in [0.4, 0.5) is 11.6 Å². The van der Waals surface area contributed by atoms with E-state index in [1.54, 1.807) is 42.1 Å². The van der Waals surface area contributed by atoms with Gasteiger partial charge in [0, 0.05) is 38.7 Å². The van der Waals surface area contributed by atoms with Gasteiger partial charge >= 0.3 is 0 Å². The topological polar surface area (TPSA) is 163 Å². The molecule has 0 spiro atoms. The highest BCUT2D eigenvalue weighted by molar-refractivity contribution is 8.22. The van der Waals surface area contributed by atoms with Crippen LogP contribution in [0.3, 0.4) is 0 Å². The van der Waals surface area contributed by atoms with Gasteiger partial charge in [0.05, 0.1) is 30.1 Å². The predicted molar refractivity (Wildman–Crippen MR) is 186 cm³/mol. The fourth-order valence-corrected chi connectivity index (χ4v) is 7.66. The summed E-state index contributed by atoms with van der Waals surface area (Å²) in [6.07, 6.45) is 5.25. The monoisotopic (exact) mass is 671 g/mol. The maximum Gasteiger partial charge on any atom is 0.239 e. The number of nitrogens with one attached hydrogen (secondary N) is 2. The van der Waals surface area contributed by atoms with Crippen molar-refractivity contribution >= 4 is 39.4 Å². The number of aryl methyl sites for hydroxylation is 3. The van der Waals surface area contributed by atoms with E-state index in [-0.39, 0.29) is 41.7 Å². The van der Waals surface area contributed by atoms with Crippen LogP contribution in [-0.2, 0) is 17.9 Å². The van der Waals surface area contributed by atoms with Crippen LogP contribution >= 0.6 is 10.8 Å². The lowest BCUT2D eigenvalue weighted by Gasteiger charge is -2.41. The van der Waals surface area contributed by atoms with Crippen molar-refractivity contribution in [2.45, 2.75) is 70.5 Å². The van der Waals surface area contributed by atoms with Crippen LogP contribution in [0.5, 0.6) is 5.88 Å². The number of anilines is 2. The molecule has 48 heavy (non-hydrogen) atoms. The number of nitrogens with zero attached hydrogens (tertiary/aromatic N) is 7. The summed E-state index contributed by atoms with van der Waals surface area (Å²) in [5.74, 6) is 0.160. The van der Waals surface area contributed by atoms with E-state index >= 15 is 0 Å². The lowest BCUT2D eigenvalue weighted by molar-refractivity contribution is -0.116. The molecule has 4 heterocycles. The number of fused-ring (bicyclic) bond motifs is 2. The Bertz CT molecular complexity index is 1930. The molecule has 1 aliphatic heterocycles. The summed E-state index contributed by atoms with van der Waals surface area (Å²) in [5, 5.41) is 14.6. The molecule has 1 aliphatic rings. The molecule has 0 fully saturated rings. The minimum atomic E-state index is -3.40. The largest absolute Gasteiger partial charge is 0.472 e. The first-order valence-electron chi connectivity index (χ1n) is 16.0. The SMILES string of the molecule is CCC1CN(Cc2cc(C(CC(=O)Nc3cnc(NC)nc3)c3ccc4c(nnn4CC)c3C)ccc2C)S(O)(O)c2cccnc2O1. The first-order valence-corrected chi connectivity index (χ1v) is 17.5. The van der Waals surface area contributed by atoms with Crippen molar-refractivity contribution in [2.75, 3.05) is 24.2 Å². The number of carbonyl (C=O) groups is 1. The standard InChI is InChI=1S/C34H41N9O4S/c1-6-26-20-42(48(45,46)30-9-8-14-36-33(30)47-26)19-24-15-23(11-10-21(24)3)28(16-31(44)39-25-17-37-34(35-5)38-18-25)27-12-13-29-32(22(27)4)40-41-43(29)7-2/h8-15,17-18,26,28,45-46H,6-7,16,19-20H2,1-5H3,(H,39,44)(H,35,37,38). The number of aromatic nitrogens is 6. The second-order valence-electron chi connectivity index (χ2n) is 11.9. The third-order valence-corrected chi connectivity index (χ3v) is 10.8. The number of ether oxygens (including phenoxy) is 1. The number of hydrogen-bond acceptors (Lipinski definition) is 11. The van der Waals surface area contributed by atoms with Crippen LogP contribution in [0.2, 0.25) is 0 Å². The van der Waals surface area contributed by atoms with E-state index < -0.39 is 10.8 Å². The second-order valence-corrected chi connectivity index (χ2v) is 13.9. The normalized spacial score (nSPS) is 17.2. The fraction of sp³-hybridized carbons (Fsp3) is 0.353. The van der Waals surface area contributed by atoms with Crippen molar-refractivity contribution in [3.05, 3.63) is 88.9 Å². The molecule has 0 saturated carbocycles. The maximum atomic E-state index is 13.6. The molecule has 0 aliphatic carbocycles. The molecule has 2 atom stereocenters. The molecular formula is C34H41N9O4S. The summed E-state index contributed by atoms with van der Waals surface area (Å²) in [5.41, 5.74) is 6.93. The Hall–Kier alpha value is -4.63. The molecule has 6 rings (SSSR count). The van der Waals surface area contributed by atoms with Gasteiger partial charge in [-0.1, -0.05) is 36.4 Å². The van der Waals surface area contributed by atoms with E-state index in [9.17, 15) is 13.9 Å². The molecule has 0 saturated heterocycles. The second kappa shape index (κ2) is 13.8. The summed E-state index contributed by atoms with van der Waals surface area (Å²) >= 11 is 0. The first-order chi connectivity index (χ1) is 23.1. The maximum absolute atomic E-state index is 13.6. The van der Waals surface area contributed by atoms with Gasteiger partial charge in [-0.2, -0.15) is 4.31 Å². The average Bonchev–Trinajstić information content (AvgIpc) is 3.48. The highest BCUT2D eigenvalue weighted by Gasteiger charge is 2.36. The van der Waals surface area contributed by atoms with E-state index in [1.807, 2.05) is 56.6 Å².